The molecule has 0 unspecified atom stereocenters. The van der Waals surface area contributed by atoms with Crippen LogP contribution in [0, 0.1) is 5.92 Å². The van der Waals surface area contributed by atoms with Gasteiger partial charge in [-0.15, -0.1) is 0 Å². The molecule has 0 atom stereocenters. The highest BCUT2D eigenvalue weighted by Gasteiger charge is 2.19. The molecule has 0 saturated carbocycles. The van der Waals surface area contributed by atoms with Crippen molar-refractivity contribution in [3.8, 4) is 0 Å². The minimum atomic E-state index is -0.690. The van der Waals surface area contributed by atoms with Crippen LogP contribution in [0.4, 0.5) is 0 Å². The molecule has 4 heteroatoms. The first-order chi connectivity index (χ1) is 7.24. The van der Waals surface area contributed by atoms with Crippen LogP contribution in [-0.4, -0.2) is 31.6 Å². The highest BCUT2D eigenvalue weighted by molar-refractivity contribution is 6.33. The summed E-state index contributed by atoms with van der Waals surface area (Å²) in [5.74, 6) is -0.565. The van der Waals surface area contributed by atoms with Crippen molar-refractivity contribution in [2.45, 2.75) is 32.6 Å². The lowest BCUT2D eigenvalue weighted by molar-refractivity contribution is -0.153. The number of carbonyl (C=O) groups is 2. The molecule has 0 bridgehead atoms. The summed E-state index contributed by atoms with van der Waals surface area (Å²) < 4.78 is 9.85. The third kappa shape index (κ3) is 4.42. The van der Waals surface area contributed by atoms with E-state index in [-0.39, 0.29) is 6.61 Å². The lowest BCUT2D eigenvalue weighted by Gasteiger charge is -2.21. The Kier molecular flexibility index (Phi) is 5.32. The lowest BCUT2D eigenvalue weighted by Crippen LogP contribution is -2.20. The van der Waals surface area contributed by atoms with Gasteiger partial charge in [0, 0.05) is 19.6 Å². The second kappa shape index (κ2) is 6.56. The predicted molar refractivity (Wildman–Crippen MR) is 54.4 cm³/mol. The van der Waals surface area contributed by atoms with Crippen molar-refractivity contribution >= 4 is 11.8 Å². The quantitative estimate of drug-likeness (QED) is 0.511. The summed E-state index contributed by atoms with van der Waals surface area (Å²) in [6.45, 7) is 3.52. The molecule has 0 aliphatic carbocycles. The second-order valence-electron chi connectivity index (χ2n) is 3.74. The molecular weight excluding hydrogens is 196 g/mol. The molecule has 86 valence electrons. The van der Waals surface area contributed by atoms with Gasteiger partial charge in [0.1, 0.15) is 0 Å². The summed E-state index contributed by atoms with van der Waals surface area (Å²) in [6.07, 6.45) is 3.08. The highest BCUT2D eigenvalue weighted by atomic mass is 16.5. The maximum atomic E-state index is 11.3. The Labute approximate surface area is 89.9 Å². The number of carbonyl (C=O) groups excluding carboxylic acids is 2. The van der Waals surface area contributed by atoms with E-state index in [1.165, 1.54) is 0 Å². The maximum Gasteiger partial charge on any atom is 0.374 e. The van der Waals surface area contributed by atoms with E-state index in [1.807, 2.05) is 0 Å². The van der Waals surface area contributed by atoms with Crippen molar-refractivity contribution < 1.29 is 19.1 Å². The third-order valence-corrected chi connectivity index (χ3v) is 2.62. The van der Waals surface area contributed by atoms with E-state index in [0.717, 1.165) is 32.5 Å². The maximum absolute atomic E-state index is 11.3. The average molecular weight is 214 g/mol. The van der Waals surface area contributed by atoms with Gasteiger partial charge in [0.15, 0.2) is 0 Å². The fourth-order valence-electron chi connectivity index (χ4n) is 1.68. The minimum absolute atomic E-state index is 0.266. The highest BCUT2D eigenvalue weighted by Crippen LogP contribution is 2.20. The molecule has 1 heterocycles. The SMILES string of the molecule is CCOC(=O)C(=O)CCC1CCOCC1. The molecule has 15 heavy (non-hydrogen) atoms. The summed E-state index contributed by atoms with van der Waals surface area (Å²) in [5, 5.41) is 0. The van der Waals surface area contributed by atoms with E-state index in [4.69, 9.17) is 4.74 Å². The summed E-state index contributed by atoms with van der Waals surface area (Å²) in [7, 11) is 0. The lowest BCUT2D eigenvalue weighted by atomic mass is 9.94. The number of hydrogen-bond acceptors (Lipinski definition) is 4. The molecular formula is C11H18O4. The summed E-state index contributed by atoms with van der Waals surface area (Å²) in [6, 6.07) is 0. The van der Waals surface area contributed by atoms with E-state index in [2.05, 4.69) is 4.74 Å². The first-order valence-electron chi connectivity index (χ1n) is 5.51. The molecule has 1 aliphatic heterocycles. The van der Waals surface area contributed by atoms with Crippen LogP contribution in [0.3, 0.4) is 0 Å². The zero-order chi connectivity index (χ0) is 11.1. The average Bonchev–Trinajstić information content (AvgIpc) is 2.27. The molecule has 0 radical (unpaired) electrons. The molecule has 0 aromatic heterocycles. The van der Waals surface area contributed by atoms with Gasteiger partial charge in [0.2, 0.25) is 5.78 Å². The molecule has 1 aliphatic rings. The Hall–Kier alpha value is -0.900. The first-order valence-corrected chi connectivity index (χ1v) is 5.51. The van der Waals surface area contributed by atoms with E-state index >= 15 is 0 Å². The molecule has 0 aromatic carbocycles. The molecule has 1 saturated heterocycles. The molecule has 1 rings (SSSR count). The molecule has 4 nitrogen and oxygen atoms in total. The summed E-state index contributed by atoms with van der Waals surface area (Å²) in [5.41, 5.74) is 0. The van der Waals surface area contributed by atoms with E-state index in [9.17, 15) is 9.59 Å². The Morgan fingerprint density at radius 1 is 1.33 bits per heavy atom. The molecule has 0 amide bonds. The number of esters is 1. The van der Waals surface area contributed by atoms with Crippen LogP contribution in [0.15, 0.2) is 0 Å². The Balaban J connectivity index is 2.17. The smallest absolute Gasteiger partial charge is 0.374 e. The van der Waals surface area contributed by atoms with Crippen molar-refractivity contribution in [2.75, 3.05) is 19.8 Å². The van der Waals surface area contributed by atoms with E-state index < -0.39 is 11.8 Å². The topological polar surface area (TPSA) is 52.6 Å². The minimum Gasteiger partial charge on any atom is -0.460 e. The van der Waals surface area contributed by atoms with Gasteiger partial charge in [-0.1, -0.05) is 0 Å². The summed E-state index contributed by atoms with van der Waals surface area (Å²) in [4.78, 5) is 22.3. The van der Waals surface area contributed by atoms with Gasteiger partial charge in [0.25, 0.3) is 0 Å². The number of Topliss-reactive ketones (excluding diaryl/α,β-unsaturated/α-hetero) is 1. The Bertz CT molecular complexity index is 219. The Morgan fingerprint density at radius 3 is 2.60 bits per heavy atom. The zero-order valence-corrected chi connectivity index (χ0v) is 9.16. The van der Waals surface area contributed by atoms with Crippen molar-refractivity contribution in [1.82, 2.24) is 0 Å². The van der Waals surface area contributed by atoms with Crippen LogP contribution < -0.4 is 0 Å². The first kappa shape index (κ1) is 12.2. The number of ketones is 1. The van der Waals surface area contributed by atoms with E-state index in [0.29, 0.717) is 12.3 Å². The van der Waals surface area contributed by atoms with Gasteiger partial charge in [-0.2, -0.15) is 0 Å². The van der Waals surface area contributed by atoms with Crippen LogP contribution in [0.2, 0.25) is 0 Å². The molecule has 0 aromatic rings. The normalized spacial score (nSPS) is 17.4. The van der Waals surface area contributed by atoms with Crippen LogP contribution >= 0.6 is 0 Å². The number of hydrogen-bond donors (Lipinski definition) is 0. The third-order valence-electron chi connectivity index (χ3n) is 2.62. The van der Waals surface area contributed by atoms with Crippen LogP contribution in [-0.2, 0) is 19.1 Å². The van der Waals surface area contributed by atoms with Crippen molar-refractivity contribution in [1.29, 1.82) is 0 Å². The number of ether oxygens (including phenoxy) is 2. The number of rotatable bonds is 5. The molecule has 0 spiro atoms. The van der Waals surface area contributed by atoms with E-state index in [1.54, 1.807) is 6.92 Å². The monoisotopic (exact) mass is 214 g/mol. The molecule has 1 fully saturated rings. The standard InChI is InChI=1S/C11H18O4/c1-2-15-11(13)10(12)4-3-9-5-7-14-8-6-9/h9H,2-8H2,1H3. The van der Waals surface area contributed by atoms with Gasteiger partial charge in [-0.25, -0.2) is 4.79 Å². The molecule has 0 N–H and O–H groups in total. The van der Waals surface area contributed by atoms with Gasteiger partial charge in [-0.05, 0) is 32.1 Å². The Morgan fingerprint density at radius 2 is 2.00 bits per heavy atom. The zero-order valence-electron chi connectivity index (χ0n) is 9.16. The van der Waals surface area contributed by atoms with Crippen LogP contribution in [0.1, 0.15) is 32.6 Å². The second-order valence-corrected chi connectivity index (χ2v) is 3.74. The van der Waals surface area contributed by atoms with Gasteiger partial charge < -0.3 is 9.47 Å². The predicted octanol–water partition coefficient (Wildman–Crippen LogP) is 1.33. The van der Waals surface area contributed by atoms with Gasteiger partial charge in [0.05, 0.1) is 6.61 Å². The fraction of sp³-hybridized carbons (Fsp3) is 0.818. The van der Waals surface area contributed by atoms with Crippen molar-refractivity contribution in [3.05, 3.63) is 0 Å². The van der Waals surface area contributed by atoms with Gasteiger partial charge in [-0.3, -0.25) is 4.79 Å². The summed E-state index contributed by atoms with van der Waals surface area (Å²) >= 11 is 0. The van der Waals surface area contributed by atoms with Crippen LogP contribution in [0.5, 0.6) is 0 Å². The fourth-order valence-corrected chi connectivity index (χ4v) is 1.68. The van der Waals surface area contributed by atoms with Crippen molar-refractivity contribution in [3.63, 3.8) is 0 Å². The largest absolute Gasteiger partial charge is 0.460 e. The van der Waals surface area contributed by atoms with Gasteiger partial charge >= 0.3 is 5.97 Å². The van der Waals surface area contributed by atoms with Crippen molar-refractivity contribution in [2.24, 2.45) is 5.92 Å². The van der Waals surface area contributed by atoms with Crippen LogP contribution in [0.25, 0.3) is 0 Å².